The first-order valence-electron chi connectivity index (χ1n) is 10.4. The summed E-state index contributed by atoms with van der Waals surface area (Å²) in [6, 6.07) is 19.1. The van der Waals surface area contributed by atoms with E-state index in [9.17, 15) is 9.59 Å². The first-order chi connectivity index (χ1) is 16.5. The summed E-state index contributed by atoms with van der Waals surface area (Å²) >= 11 is 0. The molecule has 2 amide bonds. The Bertz CT molecular complexity index is 1270. The summed E-state index contributed by atoms with van der Waals surface area (Å²) in [7, 11) is 6.08. The highest BCUT2D eigenvalue weighted by Gasteiger charge is 2.40. The van der Waals surface area contributed by atoms with Crippen molar-refractivity contribution in [3.8, 4) is 23.0 Å². The predicted octanol–water partition coefficient (Wildman–Crippen LogP) is 4.12. The van der Waals surface area contributed by atoms with E-state index in [4.69, 9.17) is 18.9 Å². The molecule has 0 saturated carbocycles. The Morgan fingerprint density at radius 2 is 1.24 bits per heavy atom. The quantitative estimate of drug-likeness (QED) is 0.506. The van der Waals surface area contributed by atoms with Gasteiger partial charge in [-0.3, -0.25) is 9.59 Å². The van der Waals surface area contributed by atoms with Gasteiger partial charge in [0.15, 0.2) is 23.0 Å². The van der Waals surface area contributed by atoms with Gasteiger partial charge < -0.3 is 24.3 Å². The highest BCUT2D eigenvalue weighted by molar-refractivity contribution is 6.46. The Hall–Kier alpha value is -4.46. The third kappa shape index (κ3) is 4.01. The molecular formula is C26H24N2O6. The van der Waals surface area contributed by atoms with Crippen molar-refractivity contribution in [1.82, 2.24) is 0 Å². The first kappa shape index (κ1) is 22.7. The number of nitrogens with zero attached hydrogens (tertiary/aromatic N) is 1. The number of carbonyl (C=O) groups excluding carboxylic acids is 2. The number of anilines is 2. The second-order valence-corrected chi connectivity index (χ2v) is 7.30. The van der Waals surface area contributed by atoms with Gasteiger partial charge in [0.2, 0.25) is 0 Å². The molecule has 0 spiro atoms. The van der Waals surface area contributed by atoms with E-state index in [1.807, 2.05) is 18.2 Å². The molecule has 1 aliphatic heterocycles. The third-order valence-electron chi connectivity index (χ3n) is 5.42. The lowest BCUT2D eigenvalue weighted by Gasteiger charge is -2.17. The zero-order valence-corrected chi connectivity index (χ0v) is 19.2. The maximum absolute atomic E-state index is 13.6. The van der Waals surface area contributed by atoms with Crippen LogP contribution in [-0.4, -0.2) is 40.3 Å². The topological polar surface area (TPSA) is 86.3 Å². The van der Waals surface area contributed by atoms with E-state index in [1.54, 1.807) is 55.6 Å². The van der Waals surface area contributed by atoms with E-state index < -0.39 is 11.8 Å². The molecule has 34 heavy (non-hydrogen) atoms. The van der Waals surface area contributed by atoms with Crippen LogP contribution in [0.25, 0.3) is 5.57 Å². The Kier molecular flexibility index (Phi) is 6.40. The molecule has 8 heteroatoms. The third-order valence-corrected chi connectivity index (χ3v) is 5.42. The Morgan fingerprint density at radius 3 is 1.85 bits per heavy atom. The normalized spacial score (nSPS) is 13.2. The molecule has 0 bridgehead atoms. The smallest absolute Gasteiger partial charge is 0.282 e. The van der Waals surface area contributed by atoms with Crippen molar-refractivity contribution in [2.45, 2.75) is 0 Å². The summed E-state index contributed by atoms with van der Waals surface area (Å²) in [6.07, 6.45) is 0. The van der Waals surface area contributed by atoms with E-state index in [2.05, 4.69) is 5.32 Å². The first-order valence-corrected chi connectivity index (χ1v) is 10.4. The minimum Gasteiger partial charge on any atom is -0.493 e. The van der Waals surface area contributed by atoms with Crippen molar-refractivity contribution in [2.75, 3.05) is 38.7 Å². The van der Waals surface area contributed by atoms with Crippen LogP contribution < -0.4 is 29.2 Å². The van der Waals surface area contributed by atoms with Crippen LogP contribution >= 0.6 is 0 Å². The SMILES string of the molecule is COc1ccc(NC2=C(c3ccccc3)C(=O)N(c3ccc(OC)c(OC)c3)C2=O)cc1OC. The number of hydrogen-bond donors (Lipinski definition) is 1. The molecule has 0 saturated heterocycles. The zero-order valence-electron chi connectivity index (χ0n) is 19.2. The van der Waals surface area contributed by atoms with Gasteiger partial charge in [-0.25, -0.2) is 4.90 Å². The van der Waals surface area contributed by atoms with Gasteiger partial charge in [0.1, 0.15) is 5.70 Å². The van der Waals surface area contributed by atoms with E-state index in [1.165, 1.54) is 21.3 Å². The average molecular weight is 460 g/mol. The van der Waals surface area contributed by atoms with Crippen molar-refractivity contribution in [2.24, 2.45) is 0 Å². The number of carbonyl (C=O) groups is 2. The molecule has 1 aliphatic rings. The number of hydrogen-bond acceptors (Lipinski definition) is 7. The molecule has 0 atom stereocenters. The lowest BCUT2D eigenvalue weighted by Crippen LogP contribution is -2.32. The van der Waals surface area contributed by atoms with Gasteiger partial charge in [-0.15, -0.1) is 0 Å². The van der Waals surface area contributed by atoms with Crippen molar-refractivity contribution in [3.63, 3.8) is 0 Å². The van der Waals surface area contributed by atoms with E-state index in [-0.39, 0.29) is 11.3 Å². The molecule has 0 radical (unpaired) electrons. The summed E-state index contributed by atoms with van der Waals surface area (Å²) in [5.41, 5.74) is 1.96. The number of rotatable bonds is 8. The maximum Gasteiger partial charge on any atom is 0.282 e. The fourth-order valence-electron chi connectivity index (χ4n) is 3.78. The second kappa shape index (κ2) is 9.58. The molecule has 1 heterocycles. The van der Waals surface area contributed by atoms with Crippen LogP contribution in [0.4, 0.5) is 11.4 Å². The Morgan fingerprint density at radius 1 is 0.647 bits per heavy atom. The van der Waals surface area contributed by atoms with E-state index in [0.29, 0.717) is 39.9 Å². The summed E-state index contributed by atoms with van der Waals surface area (Å²) in [5, 5.41) is 3.12. The van der Waals surface area contributed by atoms with Crippen LogP contribution in [0, 0.1) is 0 Å². The van der Waals surface area contributed by atoms with Crippen LogP contribution in [0.5, 0.6) is 23.0 Å². The minimum absolute atomic E-state index is 0.151. The van der Waals surface area contributed by atoms with Gasteiger partial charge in [0, 0.05) is 17.8 Å². The van der Waals surface area contributed by atoms with Crippen molar-refractivity contribution in [3.05, 3.63) is 78.0 Å². The summed E-state index contributed by atoms with van der Waals surface area (Å²) in [6.45, 7) is 0. The lowest BCUT2D eigenvalue weighted by molar-refractivity contribution is -0.120. The number of nitrogens with one attached hydrogen (secondary N) is 1. The second-order valence-electron chi connectivity index (χ2n) is 7.30. The molecule has 0 aromatic heterocycles. The highest BCUT2D eigenvalue weighted by atomic mass is 16.5. The van der Waals surface area contributed by atoms with Gasteiger partial charge in [-0.1, -0.05) is 30.3 Å². The molecule has 8 nitrogen and oxygen atoms in total. The molecule has 0 aliphatic carbocycles. The van der Waals surface area contributed by atoms with Gasteiger partial charge in [0.05, 0.1) is 39.7 Å². The van der Waals surface area contributed by atoms with Crippen LogP contribution in [0.2, 0.25) is 0 Å². The number of amides is 2. The summed E-state index contributed by atoms with van der Waals surface area (Å²) in [4.78, 5) is 28.3. The van der Waals surface area contributed by atoms with Crippen molar-refractivity contribution in [1.29, 1.82) is 0 Å². The van der Waals surface area contributed by atoms with E-state index >= 15 is 0 Å². The van der Waals surface area contributed by atoms with Crippen molar-refractivity contribution >= 4 is 28.8 Å². The van der Waals surface area contributed by atoms with Gasteiger partial charge >= 0.3 is 0 Å². The predicted molar refractivity (Wildman–Crippen MR) is 129 cm³/mol. The average Bonchev–Trinajstić information content (AvgIpc) is 3.12. The number of methoxy groups -OCH3 is 4. The van der Waals surface area contributed by atoms with Crippen molar-refractivity contribution < 1.29 is 28.5 Å². The van der Waals surface area contributed by atoms with Crippen LogP contribution in [0.15, 0.2) is 72.4 Å². The standard InChI is InChI=1S/C26H24N2O6/c1-31-19-12-10-17(14-21(19)33-3)27-24-23(16-8-6-5-7-9-16)25(29)28(26(24)30)18-11-13-20(32-2)22(15-18)34-4/h5-15,27H,1-4H3. The van der Waals surface area contributed by atoms with Crippen LogP contribution in [-0.2, 0) is 9.59 Å². The molecule has 3 aromatic carbocycles. The summed E-state index contributed by atoms with van der Waals surface area (Å²) < 4.78 is 21.3. The Balaban J connectivity index is 1.80. The molecule has 0 unspecified atom stereocenters. The zero-order chi connectivity index (χ0) is 24.2. The largest absolute Gasteiger partial charge is 0.493 e. The molecule has 1 N–H and O–H groups in total. The number of benzene rings is 3. The lowest BCUT2D eigenvalue weighted by atomic mass is 10.0. The minimum atomic E-state index is -0.495. The van der Waals surface area contributed by atoms with Gasteiger partial charge in [-0.05, 0) is 29.8 Å². The molecule has 4 rings (SSSR count). The Labute approximate surface area is 197 Å². The van der Waals surface area contributed by atoms with E-state index in [0.717, 1.165) is 4.90 Å². The summed E-state index contributed by atoms with van der Waals surface area (Å²) in [5.74, 6) is 0.986. The van der Waals surface area contributed by atoms with Crippen LogP contribution in [0.1, 0.15) is 5.56 Å². The highest BCUT2D eigenvalue weighted by Crippen LogP contribution is 2.38. The molecule has 174 valence electrons. The monoisotopic (exact) mass is 460 g/mol. The maximum atomic E-state index is 13.6. The number of imide groups is 1. The van der Waals surface area contributed by atoms with Crippen LogP contribution in [0.3, 0.4) is 0 Å². The number of ether oxygens (including phenoxy) is 4. The fraction of sp³-hybridized carbons (Fsp3) is 0.154. The molecule has 3 aromatic rings. The fourth-order valence-corrected chi connectivity index (χ4v) is 3.78. The van der Waals surface area contributed by atoms with Gasteiger partial charge in [0.25, 0.3) is 11.8 Å². The molecule has 0 fully saturated rings. The van der Waals surface area contributed by atoms with Gasteiger partial charge in [-0.2, -0.15) is 0 Å². The molecular weight excluding hydrogens is 436 g/mol.